The summed E-state index contributed by atoms with van der Waals surface area (Å²) in [5.41, 5.74) is 2.90. The smallest absolute Gasteiger partial charge is 0.335 e. The maximum Gasteiger partial charge on any atom is 0.335 e. The topological polar surface area (TPSA) is 131 Å². The SMILES string of the molecule is O=C(COc1ccc([N+](=O)[O-])cc1Br)NN=Cc1ccc(C(=O)O)cc1. The summed E-state index contributed by atoms with van der Waals surface area (Å²) < 4.78 is 5.61. The molecule has 0 heterocycles. The van der Waals surface area contributed by atoms with Gasteiger partial charge < -0.3 is 9.84 Å². The Morgan fingerprint density at radius 2 is 1.96 bits per heavy atom. The van der Waals surface area contributed by atoms with Crippen molar-refractivity contribution in [2.24, 2.45) is 5.10 Å². The molecule has 0 atom stereocenters. The number of non-ortho nitro benzene ring substituents is 1. The van der Waals surface area contributed by atoms with Gasteiger partial charge in [-0.1, -0.05) is 12.1 Å². The van der Waals surface area contributed by atoms with E-state index in [4.69, 9.17) is 9.84 Å². The molecule has 0 bridgehead atoms. The molecule has 0 saturated heterocycles. The van der Waals surface area contributed by atoms with E-state index in [0.717, 1.165) is 0 Å². The van der Waals surface area contributed by atoms with E-state index in [2.05, 4.69) is 26.5 Å². The van der Waals surface area contributed by atoms with Crippen molar-refractivity contribution in [2.45, 2.75) is 0 Å². The third-order valence-corrected chi connectivity index (χ3v) is 3.67. The van der Waals surface area contributed by atoms with Gasteiger partial charge in [-0.3, -0.25) is 14.9 Å². The zero-order chi connectivity index (χ0) is 19.1. The standard InChI is InChI=1S/C16H12BrN3O6/c17-13-7-12(20(24)25)5-6-14(13)26-9-15(21)19-18-8-10-1-3-11(4-2-10)16(22)23/h1-8H,9H2,(H,19,21)(H,22,23). The Morgan fingerprint density at radius 3 is 2.54 bits per heavy atom. The van der Waals surface area contributed by atoms with E-state index in [9.17, 15) is 19.7 Å². The quantitative estimate of drug-likeness (QED) is 0.401. The Bertz CT molecular complexity index is 867. The number of carbonyl (C=O) groups excluding carboxylic acids is 1. The number of ether oxygens (including phenoxy) is 1. The van der Waals surface area contributed by atoms with Crippen molar-refractivity contribution in [2.75, 3.05) is 6.61 Å². The number of benzene rings is 2. The van der Waals surface area contributed by atoms with E-state index >= 15 is 0 Å². The minimum atomic E-state index is -1.03. The molecule has 26 heavy (non-hydrogen) atoms. The molecule has 1 amide bonds. The molecule has 2 aromatic carbocycles. The fourth-order valence-electron chi connectivity index (χ4n) is 1.79. The number of aromatic carboxylic acids is 1. The molecule has 9 nitrogen and oxygen atoms in total. The van der Waals surface area contributed by atoms with Gasteiger partial charge in [0.25, 0.3) is 11.6 Å². The van der Waals surface area contributed by atoms with Gasteiger partial charge in [0.2, 0.25) is 0 Å². The maximum atomic E-state index is 11.7. The molecule has 2 N–H and O–H groups in total. The molecule has 0 saturated carbocycles. The Kier molecular flexibility index (Phi) is 6.39. The third kappa shape index (κ3) is 5.38. The summed E-state index contributed by atoms with van der Waals surface area (Å²) in [4.78, 5) is 32.5. The van der Waals surface area contributed by atoms with Gasteiger partial charge in [0.1, 0.15) is 5.75 Å². The molecule has 0 radical (unpaired) electrons. The first-order valence-corrected chi connectivity index (χ1v) is 7.88. The fraction of sp³-hybridized carbons (Fsp3) is 0.0625. The Balaban J connectivity index is 1.85. The van der Waals surface area contributed by atoms with Crippen LogP contribution in [0.3, 0.4) is 0 Å². The van der Waals surface area contributed by atoms with Crippen LogP contribution in [0.15, 0.2) is 52.0 Å². The van der Waals surface area contributed by atoms with Crippen molar-refractivity contribution in [3.63, 3.8) is 0 Å². The van der Waals surface area contributed by atoms with E-state index in [1.165, 1.54) is 36.5 Å². The lowest BCUT2D eigenvalue weighted by Crippen LogP contribution is -2.24. The minimum absolute atomic E-state index is 0.104. The zero-order valence-corrected chi connectivity index (χ0v) is 14.7. The molecule has 0 unspecified atom stereocenters. The lowest BCUT2D eigenvalue weighted by Gasteiger charge is -2.06. The molecule has 134 valence electrons. The van der Waals surface area contributed by atoms with E-state index in [-0.39, 0.29) is 23.6 Å². The van der Waals surface area contributed by atoms with Crippen molar-refractivity contribution in [1.82, 2.24) is 5.43 Å². The van der Waals surface area contributed by atoms with E-state index in [1.54, 1.807) is 12.1 Å². The van der Waals surface area contributed by atoms with Gasteiger partial charge in [-0.05, 0) is 39.7 Å². The summed E-state index contributed by atoms with van der Waals surface area (Å²) >= 11 is 3.13. The number of nitrogens with zero attached hydrogens (tertiary/aromatic N) is 2. The lowest BCUT2D eigenvalue weighted by atomic mass is 10.1. The summed E-state index contributed by atoms with van der Waals surface area (Å²) in [5.74, 6) is -1.29. The van der Waals surface area contributed by atoms with Gasteiger partial charge in [-0.2, -0.15) is 5.10 Å². The van der Waals surface area contributed by atoms with E-state index in [1.807, 2.05) is 0 Å². The van der Waals surface area contributed by atoms with E-state index in [0.29, 0.717) is 10.0 Å². The number of amides is 1. The predicted molar refractivity (Wildman–Crippen MR) is 95.4 cm³/mol. The monoisotopic (exact) mass is 421 g/mol. The largest absolute Gasteiger partial charge is 0.483 e. The molecule has 0 aliphatic carbocycles. The van der Waals surface area contributed by atoms with Crippen LogP contribution in [-0.2, 0) is 4.79 Å². The van der Waals surface area contributed by atoms with Crippen LogP contribution < -0.4 is 10.2 Å². The highest BCUT2D eigenvalue weighted by Crippen LogP contribution is 2.28. The van der Waals surface area contributed by atoms with Crippen LogP contribution in [0, 0.1) is 10.1 Å². The molecule has 0 spiro atoms. The zero-order valence-electron chi connectivity index (χ0n) is 13.1. The fourth-order valence-corrected chi connectivity index (χ4v) is 2.27. The number of nitro benzene ring substituents is 1. The van der Waals surface area contributed by atoms with Crippen molar-refractivity contribution in [3.05, 3.63) is 68.2 Å². The highest BCUT2D eigenvalue weighted by Gasteiger charge is 2.11. The summed E-state index contributed by atoms with van der Waals surface area (Å²) in [6, 6.07) is 9.83. The van der Waals surface area contributed by atoms with Gasteiger partial charge in [0.05, 0.1) is 21.2 Å². The molecule has 2 rings (SSSR count). The first-order valence-electron chi connectivity index (χ1n) is 7.09. The number of rotatable bonds is 7. The summed E-state index contributed by atoms with van der Waals surface area (Å²) in [6.07, 6.45) is 1.35. The summed E-state index contributed by atoms with van der Waals surface area (Å²) in [6.45, 7) is -0.342. The van der Waals surface area contributed by atoms with Crippen LogP contribution in [0.4, 0.5) is 5.69 Å². The number of nitrogens with one attached hydrogen (secondary N) is 1. The second kappa shape index (κ2) is 8.72. The number of carboxylic acid groups (broad SMARTS) is 1. The first-order chi connectivity index (χ1) is 12.4. The molecule has 0 fully saturated rings. The van der Waals surface area contributed by atoms with Gasteiger partial charge in [0, 0.05) is 12.1 Å². The summed E-state index contributed by atoms with van der Waals surface area (Å²) in [7, 11) is 0. The second-order valence-electron chi connectivity index (χ2n) is 4.88. The predicted octanol–water partition coefficient (Wildman–Crippen LogP) is 2.58. The average Bonchev–Trinajstić information content (AvgIpc) is 2.61. The van der Waals surface area contributed by atoms with Crippen LogP contribution in [0.1, 0.15) is 15.9 Å². The minimum Gasteiger partial charge on any atom is -0.483 e. The molecule has 0 aliphatic heterocycles. The van der Waals surface area contributed by atoms with Crippen molar-refractivity contribution in [1.29, 1.82) is 0 Å². The third-order valence-electron chi connectivity index (χ3n) is 3.05. The average molecular weight is 422 g/mol. The van der Waals surface area contributed by atoms with Gasteiger partial charge in [-0.15, -0.1) is 0 Å². The highest BCUT2D eigenvalue weighted by atomic mass is 79.9. The van der Waals surface area contributed by atoms with Crippen LogP contribution in [0.2, 0.25) is 0 Å². The molecule has 0 aromatic heterocycles. The maximum absolute atomic E-state index is 11.7. The molecule has 0 aliphatic rings. The molecular weight excluding hydrogens is 410 g/mol. The van der Waals surface area contributed by atoms with Crippen LogP contribution in [-0.4, -0.2) is 34.7 Å². The number of hydrazone groups is 1. The first kappa shape index (κ1) is 19.1. The van der Waals surface area contributed by atoms with Crippen molar-refractivity contribution < 1.29 is 24.4 Å². The second-order valence-corrected chi connectivity index (χ2v) is 5.74. The van der Waals surface area contributed by atoms with Crippen molar-refractivity contribution in [3.8, 4) is 5.75 Å². The van der Waals surface area contributed by atoms with Crippen LogP contribution in [0.25, 0.3) is 0 Å². The van der Waals surface area contributed by atoms with Crippen LogP contribution in [0.5, 0.6) is 5.75 Å². The number of halogens is 1. The Morgan fingerprint density at radius 1 is 1.27 bits per heavy atom. The van der Waals surface area contributed by atoms with E-state index < -0.39 is 16.8 Å². The Hall–Kier alpha value is -3.27. The number of nitro groups is 1. The molecule has 10 heteroatoms. The number of carbonyl (C=O) groups is 2. The van der Waals surface area contributed by atoms with Gasteiger partial charge in [0.15, 0.2) is 6.61 Å². The Labute approximate surface area is 155 Å². The lowest BCUT2D eigenvalue weighted by molar-refractivity contribution is -0.384. The van der Waals surface area contributed by atoms with Crippen LogP contribution >= 0.6 is 15.9 Å². The number of carboxylic acids is 1. The van der Waals surface area contributed by atoms with Gasteiger partial charge >= 0.3 is 5.97 Å². The number of hydrogen-bond donors (Lipinski definition) is 2. The number of hydrogen-bond acceptors (Lipinski definition) is 6. The molecular formula is C16H12BrN3O6. The normalized spacial score (nSPS) is 10.5. The van der Waals surface area contributed by atoms with Gasteiger partial charge in [-0.25, -0.2) is 10.2 Å². The molecule has 2 aromatic rings. The highest BCUT2D eigenvalue weighted by molar-refractivity contribution is 9.10. The summed E-state index contributed by atoms with van der Waals surface area (Å²) in [5, 5.41) is 23.2. The van der Waals surface area contributed by atoms with Crippen molar-refractivity contribution >= 4 is 39.7 Å².